The first-order valence-electron chi connectivity index (χ1n) is 8.99. The first-order valence-corrected chi connectivity index (χ1v) is 8.99. The molecule has 0 radical (unpaired) electrons. The molecule has 0 amide bonds. The summed E-state index contributed by atoms with van der Waals surface area (Å²) in [6.45, 7) is 0. The molecule has 11 nitrogen and oxygen atoms in total. The molecule has 2 N–H and O–H groups in total. The number of nitrogens with one attached hydrogen (secondary N) is 2. The minimum absolute atomic E-state index is 0.157. The fourth-order valence-electron chi connectivity index (χ4n) is 2.83. The molecular formula is C20H16N6O5. The molecule has 4 aromatic rings. The van der Waals surface area contributed by atoms with Crippen molar-refractivity contribution in [1.29, 1.82) is 0 Å². The topological polar surface area (TPSA) is 141 Å². The normalized spacial score (nSPS) is 10.5. The summed E-state index contributed by atoms with van der Waals surface area (Å²) in [5.41, 5.74) is 1.78. The Morgan fingerprint density at radius 1 is 0.742 bits per heavy atom. The minimum atomic E-state index is -0.522. The third kappa shape index (κ3) is 3.96. The molecular weight excluding hydrogens is 404 g/mol. The molecule has 0 fully saturated rings. The van der Waals surface area contributed by atoms with Crippen molar-refractivity contribution in [1.82, 2.24) is 20.3 Å². The Morgan fingerprint density at radius 2 is 1.16 bits per heavy atom. The van der Waals surface area contributed by atoms with E-state index in [1.807, 2.05) is 0 Å². The summed E-state index contributed by atoms with van der Waals surface area (Å²) in [5, 5.41) is 13.5. The number of aromatic nitrogens is 4. The maximum atomic E-state index is 12.1. The van der Waals surface area contributed by atoms with Crippen molar-refractivity contribution in [2.24, 2.45) is 0 Å². The summed E-state index contributed by atoms with van der Waals surface area (Å²) < 4.78 is 14.4. The van der Waals surface area contributed by atoms with Crippen molar-refractivity contribution in [2.45, 2.75) is 0 Å². The molecule has 0 unspecified atom stereocenters. The van der Waals surface area contributed by atoms with Gasteiger partial charge in [0.15, 0.2) is 11.6 Å². The molecule has 0 aliphatic rings. The van der Waals surface area contributed by atoms with Gasteiger partial charge >= 0.3 is 11.9 Å². The molecule has 0 spiro atoms. The highest BCUT2D eigenvalue weighted by molar-refractivity contribution is 5.98. The zero-order chi connectivity index (χ0) is 21.8. The highest BCUT2D eigenvalue weighted by Crippen LogP contribution is 2.29. The second-order valence-corrected chi connectivity index (χ2v) is 6.16. The number of esters is 2. The number of nitrogens with zero attached hydrogens (tertiary/aromatic N) is 4. The van der Waals surface area contributed by atoms with Crippen molar-refractivity contribution >= 4 is 46.2 Å². The van der Waals surface area contributed by atoms with Crippen molar-refractivity contribution in [3.63, 3.8) is 0 Å². The zero-order valence-corrected chi connectivity index (χ0v) is 16.4. The third-order valence-electron chi connectivity index (χ3n) is 4.29. The van der Waals surface area contributed by atoms with Crippen LogP contribution < -0.4 is 10.6 Å². The van der Waals surface area contributed by atoms with Gasteiger partial charge in [-0.1, -0.05) is 24.3 Å². The van der Waals surface area contributed by atoms with Crippen LogP contribution in [0.15, 0.2) is 53.2 Å². The number of carbonyl (C=O) groups excluding carboxylic acids is 2. The number of hydrogen-bond acceptors (Lipinski definition) is 11. The van der Waals surface area contributed by atoms with Crippen LogP contribution in [0.1, 0.15) is 20.7 Å². The fraction of sp³-hybridized carbons (Fsp3) is 0.100. The van der Waals surface area contributed by atoms with Crippen LogP contribution in [0.2, 0.25) is 0 Å². The Bertz CT molecular complexity index is 1180. The number of fused-ring (bicyclic) bond motifs is 1. The van der Waals surface area contributed by atoms with Gasteiger partial charge in [0.2, 0.25) is 11.3 Å². The average molecular weight is 420 g/mol. The van der Waals surface area contributed by atoms with Crippen molar-refractivity contribution in [3.8, 4) is 0 Å². The van der Waals surface area contributed by atoms with Gasteiger partial charge in [0, 0.05) is 0 Å². The summed E-state index contributed by atoms with van der Waals surface area (Å²) in [4.78, 5) is 33.0. The first-order chi connectivity index (χ1) is 15.1. The molecule has 156 valence electrons. The monoisotopic (exact) mass is 420 g/mol. The van der Waals surface area contributed by atoms with Gasteiger partial charge in [0.1, 0.15) is 0 Å². The lowest BCUT2D eigenvalue weighted by molar-refractivity contribution is 0.0593. The number of carbonyl (C=O) groups is 2. The number of hydrogen-bond donors (Lipinski definition) is 2. The molecule has 31 heavy (non-hydrogen) atoms. The lowest BCUT2D eigenvalue weighted by Gasteiger charge is -2.15. The van der Waals surface area contributed by atoms with Crippen molar-refractivity contribution < 1.29 is 23.7 Å². The molecule has 0 saturated carbocycles. The van der Waals surface area contributed by atoms with E-state index in [2.05, 4.69) is 30.9 Å². The maximum Gasteiger partial charge on any atom is 0.339 e. The SMILES string of the molecule is COC(=O)c1ccccc1Nc1nc2nonc2nc1Nc1ccccc1C(=O)OC. The Labute approximate surface area is 175 Å². The van der Waals surface area contributed by atoms with E-state index in [-0.39, 0.29) is 22.9 Å². The second kappa shape index (κ2) is 8.45. The van der Waals surface area contributed by atoms with E-state index in [9.17, 15) is 9.59 Å². The van der Waals surface area contributed by atoms with Crippen molar-refractivity contribution in [3.05, 3.63) is 59.7 Å². The van der Waals surface area contributed by atoms with Gasteiger partial charge in [-0.05, 0) is 34.6 Å². The van der Waals surface area contributed by atoms with Crippen LogP contribution in [-0.4, -0.2) is 46.4 Å². The van der Waals surface area contributed by atoms with Gasteiger partial charge in [-0.15, -0.1) is 0 Å². The van der Waals surface area contributed by atoms with Crippen LogP contribution in [0, 0.1) is 0 Å². The summed E-state index contributed by atoms with van der Waals surface area (Å²) in [7, 11) is 2.59. The van der Waals surface area contributed by atoms with Gasteiger partial charge in [0.25, 0.3) is 0 Å². The standard InChI is InChI=1S/C20H16N6O5/c1-29-19(27)11-7-3-5-9-13(11)21-15-16(24-18-17(23-15)25-31-26-18)22-14-10-6-4-8-12(14)20(28)30-2/h3-10H,1-2H3,(H,21,23,25)(H,22,24,26). The molecule has 4 rings (SSSR count). The molecule has 2 aromatic carbocycles. The van der Waals surface area contributed by atoms with Crippen LogP contribution in [0.3, 0.4) is 0 Å². The lowest BCUT2D eigenvalue weighted by Crippen LogP contribution is -2.10. The zero-order valence-electron chi connectivity index (χ0n) is 16.4. The average Bonchev–Trinajstić information content (AvgIpc) is 3.26. The van der Waals surface area contributed by atoms with E-state index in [1.165, 1.54) is 14.2 Å². The van der Waals surface area contributed by atoms with Gasteiger partial charge < -0.3 is 20.1 Å². The van der Waals surface area contributed by atoms with E-state index in [0.29, 0.717) is 22.5 Å². The van der Waals surface area contributed by atoms with E-state index in [1.54, 1.807) is 48.5 Å². The molecule has 0 aliphatic heterocycles. The van der Waals surface area contributed by atoms with Gasteiger partial charge in [0.05, 0.1) is 36.7 Å². The quantitative estimate of drug-likeness (QED) is 0.444. The minimum Gasteiger partial charge on any atom is -0.465 e. The highest BCUT2D eigenvalue weighted by Gasteiger charge is 2.19. The lowest BCUT2D eigenvalue weighted by atomic mass is 10.1. The molecule has 11 heteroatoms. The molecule has 0 bridgehead atoms. The predicted octanol–water partition coefficient (Wildman–Crippen LogP) is 3.07. The van der Waals surface area contributed by atoms with Gasteiger partial charge in [-0.25, -0.2) is 24.2 Å². The van der Waals surface area contributed by atoms with Crippen molar-refractivity contribution in [2.75, 3.05) is 24.9 Å². The van der Waals surface area contributed by atoms with Crippen LogP contribution in [-0.2, 0) is 9.47 Å². The Morgan fingerprint density at radius 3 is 1.58 bits per heavy atom. The van der Waals surface area contributed by atoms with Crippen LogP contribution in [0.4, 0.5) is 23.0 Å². The summed E-state index contributed by atoms with van der Waals surface area (Å²) in [5.74, 6) is -0.602. The van der Waals surface area contributed by atoms with Crippen LogP contribution in [0.25, 0.3) is 11.3 Å². The third-order valence-corrected chi connectivity index (χ3v) is 4.29. The number of methoxy groups -OCH3 is 2. The smallest absolute Gasteiger partial charge is 0.339 e. The molecule has 0 aliphatic carbocycles. The van der Waals surface area contributed by atoms with E-state index < -0.39 is 11.9 Å². The molecule has 2 aromatic heterocycles. The number of rotatable bonds is 6. The van der Waals surface area contributed by atoms with Gasteiger partial charge in [-0.2, -0.15) is 0 Å². The number of benzene rings is 2. The predicted molar refractivity (Wildman–Crippen MR) is 110 cm³/mol. The summed E-state index contributed by atoms with van der Waals surface area (Å²) in [6.07, 6.45) is 0. The Hall–Kier alpha value is -4.54. The highest BCUT2D eigenvalue weighted by atomic mass is 16.6. The number of para-hydroxylation sites is 2. The van der Waals surface area contributed by atoms with Gasteiger partial charge in [-0.3, -0.25) is 0 Å². The Balaban J connectivity index is 1.79. The van der Waals surface area contributed by atoms with Crippen LogP contribution in [0.5, 0.6) is 0 Å². The van der Waals surface area contributed by atoms with E-state index in [4.69, 9.17) is 14.1 Å². The first kappa shape index (κ1) is 19.8. The van der Waals surface area contributed by atoms with Crippen LogP contribution >= 0.6 is 0 Å². The Kier molecular flexibility index (Phi) is 5.39. The summed E-state index contributed by atoms with van der Waals surface area (Å²) >= 11 is 0. The second-order valence-electron chi connectivity index (χ2n) is 6.16. The fourth-order valence-corrected chi connectivity index (χ4v) is 2.83. The molecule has 2 heterocycles. The maximum absolute atomic E-state index is 12.1. The van der Waals surface area contributed by atoms with E-state index in [0.717, 1.165) is 0 Å². The number of ether oxygens (including phenoxy) is 2. The molecule has 0 atom stereocenters. The largest absolute Gasteiger partial charge is 0.465 e. The summed E-state index contributed by atoms with van der Waals surface area (Å²) in [6, 6.07) is 13.5. The number of anilines is 4. The van der Waals surface area contributed by atoms with E-state index >= 15 is 0 Å². The molecule has 0 saturated heterocycles.